The zero-order valence-corrected chi connectivity index (χ0v) is 12.5. The molecule has 1 heterocycles. The second kappa shape index (κ2) is 7.81. The van der Waals surface area contributed by atoms with E-state index in [0.29, 0.717) is 18.7 Å². The fourth-order valence-electron chi connectivity index (χ4n) is 2.49. The van der Waals surface area contributed by atoms with Gasteiger partial charge in [0, 0.05) is 18.9 Å². The van der Waals surface area contributed by atoms with Gasteiger partial charge < -0.3 is 10.1 Å². The average molecular weight is 285 g/mol. The van der Waals surface area contributed by atoms with Crippen molar-refractivity contribution in [3.8, 4) is 0 Å². The van der Waals surface area contributed by atoms with Crippen LogP contribution in [0.2, 0.25) is 0 Å². The standard InChI is InChI=1S/C12H23N5OS/c1-3-13-10(8-18-2)9-19-12-14-15-16-17(12)11-6-4-5-7-11/h10-11,13H,3-9H2,1-2H3. The van der Waals surface area contributed by atoms with Crippen LogP contribution in [0.1, 0.15) is 38.6 Å². The molecule has 0 amide bonds. The maximum absolute atomic E-state index is 5.22. The third-order valence-corrected chi connectivity index (χ3v) is 4.50. The Kier molecular flexibility index (Phi) is 6.06. The van der Waals surface area contributed by atoms with Crippen LogP contribution in [0.25, 0.3) is 0 Å². The SMILES string of the molecule is CCNC(COC)CSc1nnnn1C1CCCC1. The molecule has 0 aliphatic heterocycles. The molecule has 1 atom stereocenters. The number of likely N-dealkylation sites (N-methyl/N-ethyl adjacent to an activating group) is 1. The van der Waals surface area contributed by atoms with Gasteiger partial charge in [-0.15, -0.1) is 5.10 Å². The molecule has 6 nitrogen and oxygen atoms in total. The van der Waals surface area contributed by atoms with E-state index in [1.807, 2.05) is 4.68 Å². The highest BCUT2D eigenvalue weighted by Gasteiger charge is 2.22. The Balaban J connectivity index is 1.89. The first-order chi connectivity index (χ1) is 9.35. The molecular weight excluding hydrogens is 262 g/mol. The molecule has 0 spiro atoms. The minimum absolute atomic E-state index is 0.341. The largest absolute Gasteiger partial charge is 0.383 e. The highest BCUT2D eigenvalue weighted by molar-refractivity contribution is 7.99. The van der Waals surface area contributed by atoms with Crippen molar-refractivity contribution in [2.45, 2.75) is 49.8 Å². The highest BCUT2D eigenvalue weighted by Crippen LogP contribution is 2.31. The molecule has 0 bridgehead atoms. The molecule has 1 fully saturated rings. The van der Waals surface area contributed by atoms with E-state index in [4.69, 9.17) is 4.74 Å². The van der Waals surface area contributed by atoms with Crippen molar-refractivity contribution in [2.24, 2.45) is 0 Å². The molecule has 7 heteroatoms. The zero-order valence-electron chi connectivity index (χ0n) is 11.7. The van der Waals surface area contributed by atoms with Gasteiger partial charge in [-0.1, -0.05) is 31.5 Å². The Bertz CT molecular complexity index is 361. The van der Waals surface area contributed by atoms with Gasteiger partial charge in [-0.25, -0.2) is 4.68 Å². The molecular formula is C12H23N5OS. The molecule has 19 heavy (non-hydrogen) atoms. The van der Waals surface area contributed by atoms with Gasteiger partial charge >= 0.3 is 0 Å². The molecule has 1 aliphatic rings. The van der Waals surface area contributed by atoms with Gasteiger partial charge in [0.1, 0.15) is 0 Å². The number of aromatic nitrogens is 4. The summed E-state index contributed by atoms with van der Waals surface area (Å²) in [7, 11) is 1.73. The van der Waals surface area contributed by atoms with E-state index < -0.39 is 0 Å². The van der Waals surface area contributed by atoms with Crippen LogP contribution < -0.4 is 5.32 Å². The highest BCUT2D eigenvalue weighted by atomic mass is 32.2. The number of thioether (sulfide) groups is 1. The predicted octanol–water partition coefficient (Wildman–Crippen LogP) is 1.50. The Hall–Kier alpha value is -0.660. The summed E-state index contributed by atoms with van der Waals surface area (Å²) in [5.41, 5.74) is 0. The van der Waals surface area contributed by atoms with Gasteiger partial charge in [-0.2, -0.15) is 0 Å². The van der Waals surface area contributed by atoms with Crippen LogP contribution in [0.3, 0.4) is 0 Å². The first-order valence-electron chi connectivity index (χ1n) is 6.98. The number of hydrogen-bond donors (Lipinski definition) is 1. The summed E-state index contributed by atoms with van der Waals surface area (Å²) in [6, 6.07) is 0.839. The minimum Gasteiger partial charge on any atom is -0.383 e. The third kappa shape index (κ3) is 4.15. The smallest absolute Gasteiger partial charge is 0.209 e. The van der Waals surface area contributed by atoms with E-state index >= 15 is 0 Å². The molecule has 1 N–H and O–H groups in total. The van der Waals surface area contributed by atoms with Crippen LogP contribution in [0.5, 0.6) is 0 Å². The van der Waals surface area contributed by atoms with Gasteiger partial charge in [0.25, 0.3) is 0 Å². The van der Waals surface area contributed by atoms with Crippen molar-refractivity contribution in [2.75, 3.05) is 26.0 Å². The summed E-state index contributed by atoms with van der Waals surface area (Å²) in [5.74, 6) is 0.925. The van der Waals surface area contributed by atoms with Gasteiger partial charge in [0.15, 0.2) is 0 Å². The van der Waals surface area contributed by atoms with E-state index in [2.05, 4.69) is 27.8 Å². The molecule has 1 unspecified atom stereocenters. The number of nitrogens with one attached hydrogen (secondary N) is 1. The lowest BCUT2D eigenvalue weighted by Crippen LogP contribution is -2.35. The van der Waals surface area contributed by atoms with E-state index in [1.54, 1.807) is 18.9 Å². The Morgan fingerprint density at radius 1 is 1.47 bits per heavy atom. The summed E-state index contributed by atoms with van der Waals surface area (Å²) >= 11 is 1.71. The molecule has 1 aromatic rings. The lowest BCUT2D eigenvalue weighted by atomic mass is 10.3. The van der Waals surface area contributed by atoms with Gasteiger partial charge in [-0.3, -0.25) is 0 Å². The molecule has 0 aromatic carbocycles. The third-order valence-electron chi connectivity index (χ3n) is 3.41. The van der Waals surface area contributed by atoms with Crippen molar-refractivity contribution >= 4 is 11.8 Å². The monoisotopic (exact) mass is 285 g/mol. The summed E-state index contributed by atoms with van der Waals surface area (Å²) in [5, 5.41) is 16.5. The number of methoxy groups -OCH3 is 1. The second-order valence-electron chi connectivity index (χ2n) is 4.87. The van der Waals surface area contributed by atoms with Crippen LogP contribution in [0.4, 0.5) is 0 Å². The maximum atomic E-state index is 5.22. The van der Waals surface area contributed by atoms with Crippen LogP contribution in [-0.2, 0) is 4.74 Å². The number of tetrazole rings is 1. The van der Waals surface area contributed by atoms with Crippen molar-refractivity contribution in [3.05, 3.63) is 0 Å². The second-order valence-corrected chi connectivity index (χ2v) is 5.85. The lowest BCUT2D eigenvalue weighted by molar-refractivity contribution is 0.174. The topological polar surface area (TPSA) is 64.9 Å². The Morgan fingerprint density at radius 2 is 2.26 bits per heavy atom. The average Bonchev–Trinajstić information content (AvgIpc) is 3.07. The van der Waals surface area contributed by atoms with Crippen LogP contribution in [-0.4, -0.2) is 52.3 Å². The zero-order chi connectivity index (χ0) is 13.5. The van der Waals surface area contributed by atoms with Gasteiger partial charge in [-0.05, 0) is 29.8 Å². The van der Waals surface area contributed by atoms with Crippen molar-refractivity contribution in [1.82, 2.24) is 25.5 Å². The Labute approximate surface area is 118 Å². The number of hydrogen-bond acceptors (Lipinski definition) is 6. The van der Waals surface area contributed by atoms with E-state index in [9.17, 15) is 0 Å². The molecule has 0 radical (unpaired) electrons. The van der Waals surface area contributed by atoms with Crippen LogP contribution in [0.15, 0.2) is 5.16 Å². The van der Waals surface area contributed by atoms with E-state index in [-0.39, 0.29) is 0 Å². The number of ether oxygens (including phenoxy) is 1. The van der Waals surface area contributed by atoms with Crippen molar-refractivity contribution in [3.63, 3.8) is 0 Å². The summed E-state index contributed by atoms with van der Waals surface area (Å²) < 4.78 is 7.23. The predicted molar refractivity (Wildman–Crippen MR) is 75.4 cm³/mol. The number of rotatable bonds is 8. The maximum Gasteiger partial charge on any atom is 0.209 e. The molecule has 1 aromatic heterocycles. The molecule has 0 saturated heterocycles. The molecule has 2 rings (SSSR count). The quantitative estimate of drug-likeness (QED) is 0.730. The summed E-state index contributed by atoms with van der Waals surface area (Å²) in [6.07, 6.45) is 4.98. The van der Waals surface area contributed by atoms with Crippen molar-refractivity contribution in [1.29, 1.82) is 0 Å². The summed E-state index contributed by atoms with van der Waals surface area (Å²) in [6.45, 7) is 3.77. The van der Waals surface area contributed by atoms with E-state index in [0.717, 1.165) is 17.5 Å². The number of nitrogens with zero attached hydrogens (tertiary/aromatic N) is 4. The first-order valence-corrected chi connectivity index (χ1v) is 7.96. The lowest BCUT2D eigenvalue weighted by Gasteiger charge is -2.16. The minimum atomic E-state index is 0.341. The van der Waals surface area contributed by atoms with Crippen LogP contribution >= 0.6 is 11.8 Å². The Morgan fingerprint density at radius 3 is 2.95 bits per heavy atom. The fraction of sp³-hybridized carbons (Fsp3) is 0.917. The van der Waals surface area contributed by atoms with E-state index in [1.165, 1.54) is 25.7 Å². The summed E-state index contributed by atoms with van der Waals surface area (Å²) in [4.78, 5) is 0. The normalized spacial score (nSPS) is 18.0. The van der Waals surface area contributed by atoms with Crippen LogP contribution in [0, 0.1) is 0 Å². The molecule has 1 aliphatic carbocycles. The van der Waals surface area contributed by atoms with Gasteiger partial charge in [0.2, 0.25) is 5.16 Å². The fourth-order valence-corrected chi connectivity index (χ4v) is 3.47. The van der Waals surface area contributed by atoms with Crippen molar-refractivity contribution < 1.29 is 4.74 Å². The molecule has 1 saturated carbocycles. The first kappa shape index (κ1) is 14.7. The van der Waals surface area contributed by atoms with Gasteiger partial charge in [0.05, 0.1) is 12.6 Å². The molecule has 108 valence electrons.